The Balaban J connectivity index is 2.18. The Hall–Kier alpha value is 0.400. The van der Waals surface area contributed by atoms with Crippen molar-refractivity contribution in [2.45, 2.75) is 12.5 Å². The molecule has 1 unspecified atom stereocenters. The molecule has 0 aromatic heterocycles. The molecule has 1 aliphatic rings. The Bertz CT molecular complexity index is 93.6. The van der Waals surface area contributed by atoms with Crippen LogP contribution in [0.25, 0.3) is 0 Å². The third-order valence-electron chi connectivity index (χ3n) is 1.97. The van der Waals surface area contributed by atoms with Crippen molar-refractivity contribution in [3.8, 4) is 0 Å². The van der Waals surface area contributed by atoms with Crippen molar-refractivity contribution in [1.29, 1.82) is 0 Å². The van der Waals surface area contributed by atoms with Gasteiger partial charge in [-0.2, -0.15) is 0 Å². The molecule has 1 saturated heterocycles. The van der Waals surface area contributed by atoms with E-state index in [1.54, 1.807) is 0 Å². The Kier molecular flexibility index (Phi) is 3.66. The number of rotatable bonds is 3. The average molecular weight is 208 g/mol. The molecule has 0 amide bonds. The highest BCUT2D eigenvalue weighted by Crippen LogP contribution is 2.09. The first kappa shape index (κ1) is 8.50. The lowest BCUT2D eigenvalue weighted by Gasteiger charge is -2.21. The minimum Gasteiger partial charge on any atom is -0.380 e. The van der Waals surface area contributed by atoms with Crippen molar-refractivity contribution < 1.29 is 4.74 Å². The molecule has 60 valence electrons. The Labute approximate surface area is 70.7 Å². The van der Waals surface area contributed by atoms with E-state index < -0.39 is 0 Å². The summed E-state index contributed by atoms with van der Waals surface area (Å²) >= 11 is 3.41. The summed E-state index contributed by atoms with van der Waals surface area (Å²) in [6.07, 6.45) is 1.20. The van der Waals surface area contributed by atoms with E-state index in [0.717, 1.165) is 25.1 Å². The predicted molar refractivity (Wildman–Crippen MR) is 45.6 cm³/mol. The fraction of sp³-hybridized carbons (Fsp3) is 1.00. The van der Waals surface area contributed by atoms with Gasteiger partial charge in [0, 0.05) is 24.5 Å². The van der Waals surface area contributed by atoms with E-state index in [2.05, 4.69) is 27.9 Å². The number of halogens is 1. The molecule has 0 aliphatic carbocycles. The lowest BCUT2D eigenvalue weighted by Crippen LogP contribution is -2.33. The summed E-state index contributed by atoms with van der Waals surface area (Å²) in [6, 6.07) is 0.664. The van der Waals surface area contributed by atoms with Crippen LogP contribution in [-0.4, -0.2) is 43.1 Å². The molecule has 3 heteroatoms. The standard InChI is InChI=1S/C7H14BrNO/c1-9(4-3-8)7-2-5-10-6-7/h7H,2-6H2,1H3. The topological polar surface area (TPSA) is 12.5 Å². The second-order valence-corrected chi connectivity index (χ2v) is 3.48. The van der Waals surface area contributed by atoms with E-state index in [1.807, 2.05) is 0 Å². The highest BCUT2D eigenvalue weighted by Gasteiger charge is 2.18. The number of likely N-dealkylation sites (N-methyl/N-ethyl adjacent to an activating group) is 1. The fourth-order valence-corrected chi connectivity index (χ4v) is 1.74. The molecule has 1 fully saturated rings. The first-order valence-electron chi connectivity index (χ1n) is 3.68. The SMILES string of the molecule is CN(CCBr)C1CCOC1. The first-order chi connectivity index (χ1) is 4.84. The molecule has 0 spiro atoms. The third kappa shape index (κ3) is 2.22. The van der Waals surface area contributed by atoms with Crippen LogP contribution in [-0.2, 0) is 4.74 Å². The summed E-state index contributed by atoms with van der Waals surface area (Å²) in [5.74, 6) is 0. The molecular weight excluding hydrogens is 194 g/mol. The molecule has 0 aromatic carbocycles. The monoisotopic (exact) mass is 207 g/mol. The van der Waals surface area contributed by atoms with Crippen LogP contribution in [0.2, 0.25) is 0 Å². The van der Waals surface area contributed by atoms with Gasteiger partial charge in [-0.3, -0.25) is 0 Å². The van der Waals surface area contributed by atoms with Crippen LogP contribution in [0.5, 0.6) is 0 Å². The molecule has 1 aliphatic heterocycles. The van der Waals surface area contributed by atoms with Crippen LogP contribution < -0.4 is 0 Å². The average Bonchev–Trinajstić information content (AvgIpc) is 2.38. The van der Waals surface area contributed by atoms with E-state index in [-0.39, 0.29) is 0 Å². The smallest absolute Gasteiger partial charge is 0.0622 e. The minimum atomic E-state index is 0.664. The highest BCUT2D eigenvalue weighted by molar-refractivity contribution is 9.09. The van der Waals surface area contributed by atoms with E-state index in [9.17, 15) is 0 Å². The summed E-state index contributed by atoms with van der Waals surface area (Å²) in [6.45, 7) is 2.98. The zero-order valence-corrected chi connectivity index (χ0v) is 7.93. The van der Waals surface area contributed by atoms with E-state index >= 15 is 0 Å². The van der Waals surface area contributed by atoms with Gasteiger partial charge in [0.25, 0.3) is 0 Å². The zero-order valence-electron chi connectivity index (χ0n) is 6.35. The van der Waals surface area contributed by atoms with Crippen LogP contribution in [0.3, 0.4) is 0 Å². The molecule has 0 radical (unpaired) electrons. The second kappa shape index (κ2) is 4.31. The predicted octanol–water partition coefficient (Wildman–Crippen LogP) is 1.10. The van der Waals surface area contributed by atoms with Gasteiger partial charge in [0.15, 0.2) is 0 Å². The van der Waals surface area contributed by atoms with E-state index in [4.69, 9.17) is 4.74 Å². The molecule has 1 rings (SSSR count). The fourth-order valence-electron chi connectivity index (χ4n) is 1.19. The van der Waals surface area contributed by atoms with Crippen LogP contribution in [0.1, 0.15) is 6.42 Å². The van der Waals surface area contributed by atoms with Gasteiger partial charge in [0.2, 0.25) is 0 Å². The number of nitrogens with zero attached hydrogens (tertiary/aromatic N) is 1. The Morgan fingerprint density at radius 1 is 1.70 bits per heavy atom. The normalized spacial score (nSPS) is 26.1. The van der Waals surface area contributed by atoms with Gasteiger partial charge >= 0.3 is 0 Å². The van der Waals surface area contributed by atoms with Crippen molar-refractivity contribution >= 4 is 15.9 Å². The number of hydrogen-bond acceptors (Lipinski definition) is 2. The van der Waals surface area contributed by atoms with Gasteiger partial charge in [0.05, 0.1) is 6.61 Å². The molecule has 0 aromatic rings. The Morgan fingerprint density at radius 3 is 3.00 bits per heavy atom. The second-order valence-electron chi connectivity index (χ2n) is 2.69. The number of hydrogen-bond donors (Lipinski definition) is 0. The van der Waals surface area contributed by atoms with Crippen molar-refractivity contribution in [2.24, 2.45) is 0 Å². The van der Waals surface area contributed by atoms with Crippen LogP contribution in [0, 0.1) is 0 Å². The van der Waals surface area contributed by atoms with Gasteiger partial charge in [-0.1, -0.05) is 15.9 Å². The van der Waals surface area contributed by atoms with Crippen molar-refractivity contribution in [3.05, 3.63) is 0 Å². The molecule has 1 atom stereocenters. The van der Waals surface area contributed by atoms with Crippen LogP contribution in [0.4, 0.5) is 0 Å². The summed E-state index contributed by atoms with van der Waals surface area (Å²) in [5.41, 5.74) is 0. The maximum atomic E-state index is 5.27. The third-order valence-corrected chi connectivity index (χ3v) is 2.32. The van der Waals surface area contributed by atoms with Gasteiger partial charge in [-0.25, -0.2) is 0 Å². The zero-order chi connectivity index (χ0) is 7.40. The summed E-state index contributed by atoms with van der Waals surface area (Å²) in [4.78, 5) is 2.35. The summed E-state index contributed by atoms with van der Waals surface area (Å²) < 4.78 is 5.27. The maximum Gasteiger partial charge on any atom is 0.0622 e. The maximum absolute atomic E-state index is 5.27. The molecule has 0 saturated carbocycles. The minimum absolute atomic E-state index is 0.664. The summed E-state index contributed by atoms with van der Waals surface area (Å²) in [5, 5.41) is 1.06. The molecular formula is C7H14BrNO. The molecule has 0 N–H and O–H groups in total. The van der Waals surface area contributed by atoms with Gasteiger partial charge in [-0.15, -0.1) is 0 Å². The Morgan fingerprint density at radius 2 is 2.50 bits per heavy atom. The van der Waals surface area contributed by atoms with Crippen molar-refractivity contribution in [3.63, 3.8) is 0 Å². The van der Waals surface area contributed by atoms with Crippen LogP contribution >= 0.6 is 15.9 Å². The highest BCUT2D eigenvalue weighted by atomic mass is 79.9. The molecule has 1 heterocycles. The van der Waals surface area contributed by atoms with Gasteiger partial charge in [-0.05, 0) is 13.5 Å². The van der Waals surface area contributed by atoms with Gasteiger partial charge < -0.3 is 9.64 Å². The molecule has 0 bridgehead atoms. The molecule has 2 nitrogen and oxygen atoms in total. The number of alkyl halides is 1. The first-order valence-corrected chi connectivity index (χ1v) is 4.80. The van der Waals surface area contributed by atoms with E-state index in [0.29, 0.717) is 6.04 Å². The van der Waals surface area contributed by atoms with Crippen molar-refractivity contribution in [2.75, 3.05) is 32.1 Å². The van der Waals surface area contributed by atoms with Gasteiger partial charge in [0.1, 0.15) is 0 Å². The lowest BCUT2D eigenvalue weighted by molar-refractivity contribution is 0.162. The quantitative estimate of drug-likeness (QED) is 0.644. The number of ether oxygens (including phenoxy) is 1. The molecule has 10 heavy (non-hydrogen) atoms. The lowest BCUT2D eigenvalue weighted by atomic mass is 10.2. The largest absolute Gasteiger partial charge is 0.380 e. The van der Waals surface area contributed by atoms with Crippen molar-refractivity contribution in [1.82, 2.24) is 4.90 Å². The summed E-state index contributed by atoms with van der Waals surface area (Å²) in [7, 11) is 2.15. The van der Waals surface area contributed by atoms with E-state index in [1.165, 1.54) is 6.42 Å². The van der Waals surface area contributed by atoms with Crippen LogP contribution in [0.15, 0.2) is 0 Å².